The summed E-state index contributed by atoms with van der Waals surface area (Å²) in [6.45, 7) is 4.13. The minimum absolute atomic E-state index is 0.0204. The quantitative estimate of drug-likeness (QED) is 0.511. The average molecular weight is 498 g/mol. The van der Waals surface area contributed by atoms with Crippen LogP contribution in [0.1, 0.15) is 55.2 Å². The summed E-state index contributed by atoms with van der Waals surface area (Å²) in [5.41, 5.74) is 4.88. The first-order chi connectivity index (χ1) is 14.9. The first-order valence-electron chi connectivity index (χ1n) is 10.9. The van der Waals surface area contributed by atoms with Crippen LogP contribution in [0.4, 0.5) is 5.69 Å². The van der Waals surface area contributed by atoms with E-state index in [-0.39, 0.29) is 11.6 Å². The predicted molar refractivity (Wildman–Crippen MR) is 136 cm³/mol. The fraction of sp³-hybridized carbons (Fsp3) is 0.400. The highest BCUT2D eigenvalue weighted by Crippen LogP contribution is 2.38. The first-order valence-corrected chi connectivity index (χ1v) is 12.7. The molecule has 1 spiro atoms. The molecule has 1 amide bonds. The molecule has 0 radical (unpaired) electrons. The second-order valence-electron chi connectivity index (χ2n) is 8.42. The Labute approximate surface area is 197 Å². The molecule has 1 aliphatic heterocycles. The Hall–Kier alpha value is -1.92. The fourth-order valence-electron chi connectivity index (χ4n) is 4.09. The summed E-state index contributed by atoms with van der Waals surface area (Å²) in [7, 11) is 0. The van der Waals surface area contributed by atoms with Gasteiger partial charge in [0.2, 0.25) is 5.91 Å². The van der Waals surface area contributed by atoms with Crippen molar-refractivity contribution in [2.24, 2.45) is 9.98 Å². The summed E-state index contributed by atoms with van der Waals surface area (Å²) in [5, 5.41) is 3.90. The van der Waals surface area contributed by atoms with E-state index in [9.17, 15) is 4.79 Å². The van der Waals surface area contributed by atoms with Crippen LogP contribution in [0.2, 0.25) is 0 Å². The molecule has 2 aliphatic rings. The minimum Gasteiger partial charge on any atom is -0.325 e. The summed E-state index contributed by atoms with van der Waals surface area (Å²) in [6.07, 6.45) is 6.80. The molecule has 1 aliphatic carbocycles. The second-order valence-corrected chi connectivity index (χ2v) is 10.3. The van der Waals surface area contributed by atoms with Crippen molar-refractivity contribution in [2.75, 3.05) is 11.1 Å². The van der Waals surface area contributed by atoms with Gasteiger partial charge in [-0.05, 0) is 74.9 Å². The van der Waals surface area contributed by atoms with Gasteiger partial charge in [0.05, 0.1) is 11.5 Å². The Morgan fingerprint density at radius 3 is 2.39 bits per heavy atom. The van der Waals surface area contributed by atoms with E-state index in [0.717, 1.165) is 52.2 Å². The van der Waals surface area contributed by atoms with Crippen molar-refractivity contribution >= 4 is 50.0 Å². The van der Waals surface area contributed by atoms with Crippen LogP contribution in [0.5, 0.6) is 0 Å². The number of nitrogens with one attached hydrogen (secondary N) is 1. The van der Waals surface area contributed by atoms with E-state index in [0.29, 0.717) is 5.75 Å². The molecule has 0 aromatic heterocycles. The smallest absolute Gasteiger partial charge is 0.234 e. The van der Waals surface area contributed by atoms with Gasteiger partial charge in [-0.2, -0.15) is 0 Å². The lowest BCUT2D eigenvalue weighted by molar-refractivity contribution is -0.113. The zero-order valence-electron chi connectivity index (χ0n) is 18.1. The van der Waals surface area contributed by atoms with Crippen LogP contribution in [0, 0.1) is 13.8 Å². The van der Waals surface area contributed by atoms with Crippen molar-refractivity contribution in [2.45, 2.75) is 58.0 Å². The van der Waals surface area contributed by atoms with Gasteiger partial charge in [0, 0.05) is 15.7 Å². The summed E-state index contributed by atoms with van der Waals surface area (Å²) >= 11 is 5.01. The highest BCUT2D eigenvalue weighted by atomic mass is 79.9. The van der Waals surface area contributed by atoms with Gasteiger partial charge < -0.3 is 5.32 Å². The van der Waals surface area contributed by atoms with Gasteiger partial charge in [0.25, 0.3) is 0 Å². The molecule has 0 unspecified atom stereocenters. The molecule has 0 saturated heterocycles. The van der Waals surface area contributed by atoms with Gasteiger partial charge in [0.15, 0.2) is 5.66 Å². The topological polar surface area (TPSA) is 53.8 Å². The zero-order valence-corrected chi connectivity index (χ0v) is 20.5. The van der Waals surface area contributed by atoms with E-state index in [1.165, 1.54) is 35.7 Å². The van der Waals surface area contributed by atoms with Crippen molar-refractivity contribution in [3.8, 4) is 0 Å². The maximum absolute atomic E-state index is 12.6. The number of rotatable bonds is 4. The number of aliphatic imine (C=N–C) groups is 2. The fourth-order valence-corrected chi connectivity index (χ4v) is 5.23. The molecular weight excluding hydrogens is 470 g/mol. The Morgan fingerprint density at radius 2 is 1.71 bits per heavy atom. The standard InChI is InChI=1S/C25H28BrN3OS/c1-17-7-12-21(15-18(17)2)27-22(30)16-31-24-23(19-8-10-20(26)11-9-19)28-25(29-24)13-5-3-4-6-14-25/h7-12,15H,3-6,13-14,16H2,1-2H3,(H,27,30). The van der Waals surface area contributed by atoms with Crippen molar-refractivity contribution in [1.29, 1.82) is 0 Å². The molecule has 1 fully saturated rings. The third kappa shape index (κ3) is 5.47. The molecule has 162 valence electrons. The molecule has 0 bridgehead atoms. The maximum Gasteiger partial charge on any atom is 0.234 e. The number of amides is 1. The number of aryl methyl sites for hydroxylation is 2. The van der Waals surface area contributed by atoms with Crippen LogP contribution in [-0.2, 0) is 4.79 Å². The molecular formula is C25H28BrN3OS. The SMILES string of the molecule is Cc1ccc(NC(=O)CSC2=NC3(CCCCCC3)N=C2c2ccc(Br)cc2)cc1C. The van der Waals surface area contributed by atoms with Gasteiger partial charge in [-0.25, -0.2) is 4.99 Å². The Morgan fingerprint density at radius 1 is 1.00 bits per heavy atom. The summed E-state index contributed by atoms with van der Waals surface area (Å²) in [4.78, 5) is 22.9. The van der Waals surface area contributed by atoms with Crippen LogP contribution in [0.15, 0.2) is 56.9 Å². The molecule has 1 heterocycles. The number of hydrogen-bond acceptors (Lipinski definition) is 4. The highest BCUT2D eigenvalue weighted by molar-refractivity contribution is 9.10. The minimum atomic E-state index is -0.341. The van der Waals surface area contributed by atoms with Crippen molar-refractivity contribution in [3.05, 3.63) is 63.6 Å². The number of halogens is 1. The molecule has 2 aromatic rings. The van der Waals surface area contributed by atoms with Crippen molar-refractivity contribution in [3.63, 3.8) is 0 Å². The molecule has 1 N–H and O–H groups in total. The summed E-state index contributed by atoms with van der Waals surface area (Å²) < 4.78 is 1.04. The number of hydrogen-bond donors (Lipinski definition) is 1. The summed E-state index contributed by atoms with van der Waals surface area (Å²) in [5.74, 6) is 0.296. The van der Waals surface area contributed by atoms with E-state index in [2.05, 4.69) is 47.2 Å². The second kappa shape index (κ2) is 9.70. The number of anilines is 1. The van der Waals surface area contributed by atoms with Crippen LogP contribution in [0.25, 0.3) is 0 Å². The van der Waals surface area contributed by atoms with Crippen LogP contribution >= 0.6 is 27.7 Å². The van der Waals surface area contributed by atoms with E-state index in [1.54, 1.807) is 0 Å². The van der Waals surface area contributed by atoms with Gasteiger partial charge in [-0.1, -0.05) is 58.7 Å². The number of benzene rings is 2. The molecule has 4 nitrogen and oxygen atoms in total. The van der Waals surface area contributed by atoms with E-state index >= 15 is 0 Å². The first kappa shape index (κ1) is 22.3. The third-order valence-corrected chi connectivity index (χ3v) is 7.48. The lowest BCUT2D eigenvalue weighted by Crippen LogP contribution is -2.20. The Kier molecular flexibility index (Phi) is 6.97. The monoisotopic (exact) mass is 497 g/mol. The average Bonchev–Trinajstić information content (AvgIpc) is 2.94. The number of nitrogens with zero attached hydrogens (tertiary/aromatic N) is 2. The molecule has 1 saturated carbocycles. The maximum atomic E-state index is 12.6. The van der Waals surface area contributed by atoms with Crippen molar-refractivity contribution < 1.29 is 4.79 Å². The Bertz CT molecular complexity index is 1020. The van der Waals surface area contributed by atoms with Gasteiger partial charge in [0.1, 0.15) is 5.04 Å². The van der Waals surface area contributed by atoms with Gasteiger partial charge >= 0.3 is 0 Å². The molecule has 4 rings (SSSR count). The third-order valence-electron chi connectivity index (χ3n) is 5.98. The van der Waals surface area contributed by atoms with Crippen LogP contribution in [-0.4, -0.2) is 28.1 Å². The number of carbonyl (C=O) groups is 1. The van der Waals surface area contributed by atoms with E-state index in [1.807, 2.05) is 30.3 Å². The predicted octanol–water partition coefficient (Wildman–Crippen LogP) is 6.69. The summed E-state index contributed by atoms with van der Waals surface area (Å²) in [6, 6.07) is 14.2. The largest absolute Gasteiger partial charge is 0.325 e. The van der Waals surface area contributed by atoms with Crippen LogP contribution in [0.3, 0.4) is 0 Å². The van der Waals surface area contributed by atoms with Crippen molar-refractivity contribution in [1.82, 2.24) is 0 Å². The zero-order chi connectivity index (χ0) is 21.8. The molecule has 31 heavy (non-hydrogen) atoms. The normalized spacial score (nSPS) is 17.8. The van der Waals surface area contributed by atoms with Gasteiger partial charge in [-0.15, -0.1) is 0 Å². The molecule has 0 atom stereocenters. The van der Waals surface area contributed by atoms with Crippen LogP contribution < -0.4 is 5.32 Å². The number of thioether (sulfide) groups is 1. The van der Waals surface area contributed by atoms with E-state index < -0.39 is 0 Å². The van der Waals surface area contributed by atoms with E-state index in [4.69, 9.17) is 9.98 Å². The van der Waals surface area contributed by atoms with Gasteiger partial charge in [-0.3, -0.25) is 9.79 Å². The Balaban J connectivity index is 1.51. The molecule has 6 heteroatoms. The molecule has 2 aromatic carbocycles. The number of carbonyl (C=O) groups excluding carboxylic acids is 1. The lowest BCUT2D eigenvalue weighted by Gasteiger charge is -2.20. The highest BCUT2D eigenvalue weighted by Gasteiger charge is 2.37. The lowest BCUT2D eigenvalue weighted by atomic mass is 10.0.